The summed E-state index contributed by atoms with van der Waals surface area (Å²) in [6.45, 7) is 2.98. The van der Waals surface area contributed by atoms with Gasteiger partial charge in [-0.05, 0) is 44.2 Å². The van der Waals surface area contributed by atoms with Crippen LogP contribution in [0.25, 0.3) is 6.08 Å². The minimum atomic E-state index is 0.487. The van der Waals surface area contributed by atoms with Crippen molar-refractivity contribution >= 4 is 23.4 Å². The second kappa shape index (κ2) is 7.59. The maximum absolute atomic E-state index is 4.58. The number of aryl methyl sites for hydroxylation is 1. The molecule has 2 heterocycles. The van der Waals surface area contributed by atoms with Gasteiger partial charge >= 0.3 is 0 Å². The number of hydrogen-bond donors (Lipinski definition) is 1. The van der Waals surface area contributed by atoms with E-state index in [2.05, 4.69) is 56.6 Å². The maximum atomic E-state index is 4.58. The summed E-state index contributed by atoms with van der Waals surface area (Å²) >= 11 is 0. The quantitative estimate of drug-likeness (QED) is 0.886. The molecule has 5 heteroatoms. The van der Waals surface area contributed by atoms with E-state index in [0.717, 1.165) is 24.0 Å². The third kappa shape index (κ3) is 3.92. The molecule has 5 nitrogen and oxygen atoms in total. The highest BCUT2D eigenvalue weighted by atomic mass is 15.2. The molecule has 1 N–H and O–H groups in total. The summed E-state index contributed by atoms with van der Waals surface area (Å²) < 4.78 is 0. The van der Waals surface area contributed by atoms with E-state index in [-0.39, 0.29) is 0 Å². The van der Waals surface area contributed by atoms with E-state index in [1.807, 2.05) is 32.0 Å². The van der Waals surface area contributed by atoms with Crippen LogP contribution in [0.4, 0.5) is 17.3 Å². The van der Waals surface area contributed by atoms with Crippen LogP contribution in [0.1, 0.15) is 37.1 Å². The number of para-hydroxylation sites is 1. The molecule has 0 radical (unpaired) electrons. The maximum Gasteiger partial charge on any atom is 0.133 e. The molecule has 27 heavy (non-hydrogen) atoms. The summed E-state index contributed by atoms with van der Waals surface area (Å²) in [5.74, 6) is 2.71. The van der Waals surface area contributed by atoms with E-state index < -0.39 is 0 Å². The molecule has 0 unspecified atom stereocenters. The number of fused-ring (bicyclic) bond motifs is 1. The zero-order valence-corrected chi connectivity index (χ0v) is 16.5. The molecule has 1 aliphatic heterocycles. The number of anilines is 3. The van der Waals surface area contributed by atoms with E-state index in [1.165, 1.54) is 36.9 Å². The van der Waals surface area contributed by atoms with Gasteiger partial charge in [0.15, 0.2) is 0 Å². The molecule has 1 saturated carbocycles. The second-order valence-corrected chi connectivity index (χ2v) is 7.82. The lowest BCUT2D eigenvalue weighted by molar-refractivity contribution is 0.394. The normalized spacial score (nSPS) is 21.7. The topological polar surface area (TPSA) is 44.3 Å². The largest absolute Gasteiger partial charge is 0.367 e. The number of aromatic nitrogens is 2. The van der Waals surface area contributed by atoms with E-state index in [0.29, 0.717) is 12.1 Å². The summed E-state index contributed by atoms with van der Waals surface area (Å²) in [4.78, 5) is 13.7. The van der Waals surface area contributed by atoms with Crippen molar-refractivity contribution in [2.75, 3.05) is 35.8 Å². The van der Waals surface area contributed by atoms with Crippen molar-refractivity contribution in [2.24, 2.45) is 0 Å². The Morgan fingerprint density at radius 1 is 1.07 bits per heavy atom. The number of nitrogens with one attached hydrogen (secondary N) is 1. The van der Waals surface area contributed by atoms with Gasteiger partial charge in [-0.3, -0.25) is 0 Å². The SMILES string of the molecule is Cc1nc(NC2CCC(N3CC=Cc4ccccc43)CC2)cc(N(C)C)n1. The van der Waals surface area contributed by atoms with E-state index in [9.17, 15) is 0 Å². The molecule has 4 rings (SSSR count). The third-order valence-corrected chi connectivity index (χ3v) is 5.62. The lowest BCUT2D eigenvalue weighted by atomic mass is 9.89. The Morgan fingerprint density at radius 3 is 2.63 bits per heavy atom. The van der Waals surface area contributed by atoms with Gasteiger partial charge in [0, 0.05) is 44.5 Å². The Morgan fingerprint density at radius 2 is 1.85 bits per heavy atom. The van der Waals surface area contributed by atoms with Gasteiger partial charge in [0.2, 0.25) is 0 Å². The Kier molecular flexibility index (Phi) is 5.01. The summed E-state index contributed by atoms with van der Waals surface area (Å²) in [7, 11) is 4.03. The van der Waals surface area contributed by atoms with Crippen molar-refractivity contribution in [2.45, 2.75) is 44.7 Å². The number of rotatable bonds is 4. The van der Waals surface area contributed by atoms with Crippen LogP contribution in [-0.4, -0.2) is 42.7 Å². The third-order valence-electron chi connectivity index (χ3n) is 5.62. The smallest absolute Gasteiger partial charge is 0.133 e. The van der Waals surface area contributed by atoms with Gasteiger partial charge < -0.3 is 15.1 Å². The summed E-state index contributed by atoms with van der Waals surface area (Å²) in [5.41, 5.74) is 2.73. The zero-order valence-electron chi connectivity index (χ0n) is 16.5. The highest BCUT2D eigenvalue weighted by Gasteiger charge is 2.27. The van der Waals surface area contributed by atoms with Crippen molar-refractivity contribution in [1.82, 2.24) is 9.97 Å². The summed E-state index contributed by atoms with van der Waals surface area (Å²) in [6.07, 6.45) is 9.31. The van der Waals surface area contributed by atoms with E-state index in [1.54, 1.807) is 0 Å². The molecule has 0 bridgehead atoms. The first-order valence-corrected chi connectivity index (χ1v) is 9.92. The molecule has 2 aromatic rings. The molecule has 2 aliphatic rings. The van der Waals surface area contributed by atoms with Crippen LogP contribution < -0.4 is 15.1 Å². The van der Waals surface area contributed by atoms with Crippen LogP contribution in [0.5, 0.6) is 0 Å². The predicted molar refractivity (Wildman–Crippen MR) is 114 cm³/mol. The molecular formula is C22H29N5. The Balaban J connectivity index is 1.39. The fraction of sp³-hybridized carbons (Fsp3) is 0.455. The monoisotopic (exact) mass is 363 g/mol. The van der Waals surface area contributed by atoms with Gasteiger partial charge in [-0.25, -0.2) is 9.97 Å². The highest BCUT2D eigenvalue weighted by Crippen LogP contribution is 2.33. The summed E-state index contributed by atoms with van der Waals surface area (Å²) in [6, 6.07) is 11.9. The van der Waals surface area contributed by atoms with Gasteiger partial charge in [0.1, 0.15) is 17.5 Å². The Labute approximate surface area is 162 Å². The first-order valence-electron chi connectivity index (χ1n) is 9.92. The van der Waals surface area contributed by atoms with Crippen molar-refractivity contribution in [3.05, 3.63) is 47.8 Å². The lowest BCUT2D eigenvalue weighted by Crippen LogP contribution is -2.41. The fourth-order valence-corrected chi connectivity index (χ4v) is 4.22. The van der Waals surface area contributed by atoms with Crippen LogP contribution in [-0.2, 0) is 0 Å². The number of benzene rings is 1. The van der Waals surface area contributed by atoms with Crippen LogP contribution in [0.3, 0.4) is 0 Å². The lowest BCUT2D eigenvalue weighted by Gasteiger charge is -2.40. The average Bonchev–Trinajstić information content (AvgIpc) is 2.68. The van der Waals surface area contributed by atoms with Crippen LogP contribution in [0.2, 0.25) is 0 Å². The second-order valence-electron chi connectivity index (χ2n) is 7.82. The van der Waals surface area contributed by atoms with Gasteiger partial charge in [-0.15, -0.1) is 0 Å². The van der Waals surface area contributed by atoms with Gasteiger partial charge in [-0.1, -0.05) is 30.4 Å². The highest BCUT2D eigenvalue weighted by molar-refractivity contribution is 5.71. The van der Waals surface area contributed by atoms with Gasteiger partial charge in [-0.2, -0.15) is 0 Å². The molecule has 0 amide bonds. The minimum Gasteiger partial charge on any atom is -0.367 e. The molecule has 1 aromatic heterocycles. The van der Waals surface area contributed by atoms with Crippen LogP contribution in [0.15, 0.2) is 36.4 Å². The Hall–Kier alpha value is -2.56. The number of hydrogen-bond acceptors (Lipinski definition) is 5. The van der Waals surface area contributed by atoms with E-state index >= 15 is 0 Å². The molecular weight excluding hydrogens is 334 g/mol. The molecule has 142 valence electrons. The Bertz CT molecular complexity index is 821. The average molecular weight is 364 g/mol. The summed E-state index contributed by atoms with van der Waals surface area (Å²) in [5, 5.41) is 3.65. The van der Waals surface area contributed by atoms with Gasteiger partial charge in [0.05, 0.1) is 0 Å². The van der Waals surface area contributed by atoms with Crippen molar-refractivity contribution < 1.29 is 0 Å². The zero-order chi connectivity index (χ0) is 18.8. The van der Waals surface area contributed by atoms with Crippen molar-refractivity contribution in [3.8, 4) is 0 Å². The van der Waals surface area contributed by atoms with Crippen molar-refractivity contribution in [3.63, 3.8) is 0 Å². The minimum absolute atomic E-state index is 0.487. The molecule has 1 aromatic carbocycles. The standard InChI is InChI=1S/C22H29N5/c1-16-23-21(15-22(24-16)26(2)3)25-18-10-12-19(13-11-18)27-14-6-8-17-7-4-5-9-20(17)27/h4-9,15,18-19H,10-14H2,1-3H3,(H,23,24,25). The molecule has 0 spiro atoms. The van der Waals surface area contributed by atoms with Gasteiger partial charge in [0.25, 0.3) is 0 Å². The molecule has 0 atom stereocenters. The molecule has 0 saturated heterocycles. The first-order chi connectivity index (χ1) is 13.1. The fourth-order valence-electron chi connectivity index (χ4n) is 4.22. The predicted octanol–water partition coefficient (Wildman–Crippen LogP) is 4.11. The molecule has 1 aliphatic carbocycles. The van der Waals surface area contributed by atoms with Crippen molar-refractivity contribution in [1.29, 1.82) is 0 Å². The first kappa shape index (κ1) is 17.8. The number of nitrogens with zero attached hydrogens (tertiary/aromatic N) is 4. The van der Waals surface area contributed by atoms with Crippen LogP contribution >= 0.6 is 0 Å². The van der Waals surface area contributed by atoms with E-state index in [4.69, 9.17) is 0 Å². The van der Waals surface area contributed by atoms with Crippen LogP contribution in [0, 0.1) is 6.92 Å². The molecule has 1 fully saturated rings.